The molecule has 11 heteroatoms. The molecular formula is C20H17N3O8. The SMILES string of the molecule is COc1ccc(C2=NOC3C(=O)N(c4ccc([N+](=O)[O-])cc4OC)C(=O)C23)cc1OC. The van der Waals surface area contributed by atoms with Gasteiger partial charge in [-0.15, -0.1) is 0 Å². The molecule has 2 aliphatic rings. The Bertz CT molecular complexity index is 1130. The van der Waals surface area contributed by atoms with E-state index in [1.165, 1.54) is 33.5 Å². The Labute approximate surface area is 175 Å². The highest BCUT2D eigenvalue weighted by Gasteiger charge is 2.56. The van der Waals surface area contributed by atoms with E-state index in [1.54, 1.807) is 18.2 Å². The molecule has 4 rings (SSSR count). The van der Waals surface area contributed by atoms with Crippen molar-refractivity contribution >= 4 is 28.9 Å². The minimum atomic E-state index is -1.14. The number of imide groups is 1. The molecule has 2 atom stereocenters. The van der Waals surface area contributed by atoms with E-state index in [9.17, 15) is 19.7 Å². The second-order valence-electron chi connectivity index (χ2n) is 6.68. The van der Waals surface area contributed by atoms with Gasteiger partial charge in [0.05, 0.1) is 38.0 Å². The average Bonchev–Trinajstić information content (AvgIpc) is 3.32. The summed E-state index contributed by atoms with van der Waals surface area (Å²) in [5.74, 6) is -1.26. The van der Waals surface area contributed by atoms with Crippen molar-refractivity contribution in [1.82, 2.24) is 0 Å². The fourth-order valence-electron chi connectivity index (χ4n) is 3.61. The molecule has 2 aromatic rings. The number of rotatable bonds is 6. The van der Waals surface area contributed by atoms with Crippen LogP contribution in [0.4, 0.5) is 11.4 Å². The minimum Gasteiger partial charge on any atom is -0.494 e. The maximum absolute atomic E-state index is 13.2. The molecule has 31 heavy (non-hydrogen) atoms. The predicted molar refractivity (Wildman–Crippen MR) is 107 cm³/mol. The number of nitro groups is 1. The van der Waals surface area contributed by atoms with Gasteiger partial charge in [-0.25, -0.2) is 4.90 Å². The van der Waals surface area contributed by atoms with E-state index in [1.807, 2.05) is 0 Å². The lowest BCUT2D eigenvalue weighted by molar-refractivity contribution is -0.384. The number of hydrogen-bond donors (Lipinski definition) is 0. The monoisotopic (exact) mass is 427 g/mol. The second kappa shape index (κ2) is 7.59. The molecule has 0 aliphatic carbocycles. The summed E-state index contributed by atoms with van der Waals surface area (Å²) < 4.78 is 15.7. The number of carbonyl (C=O) groups excluding carboxylic acids is 2. The lowest BCUT2D eigenvalue weighted by Gasteiger charge is -2.18. The van der Waals surface area contributed by atoms with Crippen LogP contribution in [0.2, 0.25) is 0 Å². The van der Waals surface area contributed by atoms with E-state index in [4.69, 9.17) is 19.0 Å². The molecule has 2 aromatic carbocycles. The number of ether oxygens (including phenoxy) is 3. The third-order valence-electron chi connectivity index (χ3n) is 5.11. The van der Waals surface area contributed by atoms with Crippen LogP contribution in [0.5, 0.6) is 17.2 Å². The third kappa shape index (κ3) is 3.10. The quantitative estimate of drug-likeness (QED) is 0.388. The number of hydrogen-bond acceptors (Lipinski definition) is 9. The zero-order valence-corrected chi connectivity index (χ0v) is 16.7. The molecule has 1 fully saturated rings. The first-order valence-corrected chi connectivity index (χ1v) is 9.07. The number of nitro benzene ring substituents is 1. The Morgan fingerprint density at radius 1 is 0.968 bits per heavy atom. The van der Waals surface area contributed by atoms with Gasteiger partial charge in [0.1, 0.15) is 17.4 Å². The van der Waals surface area contributed by atoms with Crippen LogP contribution in [-0.2, 0) is 14.4 Å². The highest BCUT2D eigenvalue weighted by molar-refractivity contribution is 6.32. The van der Waals surface area contributed by atoms with Crippen LogP contribution >= 0.6 is 0 Å². The summed E-state index contributed by atoms with van der Waals surface area (Å²) in [5.41, 5.74) is 0.660. The molecule has 0 N–H and O–H groups in total. The molecule has 0 bridgehead atoms. The summed E-state index contributed by atoms with van der Waals surface area (Å²) in [6.07, 6.45) is -1.14. The van der Waals surface area contributed by atoms with Crippen LogP contribution in [0.3, 0.4) is 0 Å². The Balaban J connectivity index is 1.71. The van der Waals surface area contributed by atoms with Crippen molar-refractivity contribution < 1.29 is 33.6 Å². The number of carbonyl (C=O) groups is 2. The number of methoxy groups -OCH3 is 3. The highest BCUT2D eigenvalue weighted by Crippen LogP contribution is 2.40. The minimum absolute atomic E-state index is 0.0143. The molecule has 0 aromatic heterocycles. The maximum atomic E-state index is 13.2. The van der Waals surface area contributed by atoms with E-state index in [0.29, 0.717) is 17.1 Å². The van der Waals surface area contributed by atoms with Gasteiger partial charge in [-0.05, 0) is 24.3 Å². The van der Waals surface area contributed by atoms with Gasteiger partial charge in [0.2, 0.25) is 12.0 Å². The smallest absolute Gasteiger partial charge is 0.279 e. The molecule has 2 aliphatic heterocycles. The van der Waals surface area contributed by atoms with Crippen LogP contribution in [0.15, 0.2) is 41.6 Å². The van der Waals surface area contributed by atoms with Crippen LogP contribution in [-0.4, -0.2) is 49.9 Å². The van der Waals surface area contributed by atoms with Gasteiger partial charge in [-0.2, -0.15) is 0 Å². The average molecular weight is 427 g/mol. The molecule has 2 amide bonds. The van der Waals surface area contributed by atoms with E-state index in [2.05, 4.69) is 5.16 Å². The number of amides is 2. The molecule has 11 nitrogen and oxygen atoms in total. The summed E-state index contributed by atoms with van der Waals surface area (Å²) in [4.78, 5) is 42.8. The van der Waals surface area contributed by atoms with Gasteiger partial charge >= 0.3 is 0 Å². The van der Waals surface area contributed by atoms with E-state index in [-0.39, 0.29) is 22.8 Å². The second-order valence-corrected chi connectivity index (χ2v) is 6.68. The van der Waals surface area contributed by atoms with Gasteiger partial charge in [0.25, 0.3) is 11.6 Å². The molecule has 0 spiro atoms. The third-order valence-corrected chi connectivity index (χ3v) is 5.11. The number of nitrogens with zero attached hydrogens (tertiary/aromatic N) is 3. The van der Waals surface area contributed by atoms with Crippen LogP contribution in [0.1, 0.15) is 5.56 Å². The van der Waals surface area contributed by atoms with Crippen LogP contribution in [0.25, 0.3) is 0 Å². The topological polar surface area (TPSA) is 130 Å². The summed E-state index contributed by atoms with van der Waals surface area (Å²) in [6, 6.07) is 8.60. The normalized spacial score (nSPS) is 19.6. The molecule has 1 saturated heterocycles. The van der Waals surface area contributed by atoms with Crippen molar-refractivity contribution in [2.24, 2.45) is 11.1 Å². The number of oxime groups is 1. The number of non-ortho nitro benzene ring substituents is 1. The molecule has 160 valence electrons. The van der Waals surface area contributed by atoms with Gasteiger partial charge in [-0.1, -0.05) is 5.16 Å². The highest BCUT2D eigenvalue weighted by atomic mass is 16.7. The fourth-order valence-corrected chi connectivity index (χ4v) is 3.61. The predicted octanol–water partition coefficient (Wildman–Crippen LogP) is 1.91. The van der Waals surface area contributed by atoms with Crippen molar-refractivity contribution in [2.75, 3.05) is 26.2 Å². The van der Waals surface area contributed by atoms with Gasteiger partial charge in [-0.3, -0.25) is 19.7 Å². The Morgan fingerprint density at radius 3 is 2.32 bits per heavy atom. The van der Waals surface area contributed by atoms with Crippen molar-refractivity contribution in [3.05, 3.63) is 52.1 Å². The van der Waals surface area contributed by atoms with Crippen molar-refractivity contribution in [1.29, 1.82) is 0 Å². The molecular weight excluding hydrogens is 410 g/mol. The number of anilines is 1. The molecule has 2 unspecified atom stereocenters. The Hall–Kier alpha value is -4.15. The largest absolute Gasteiger partial charge is 0.494 e. The maximum Gasteiger partial charge on any atom is 0.279 e. The molecule has 0 radical (unpaired) electrons. The molecule has 0 saturated carbocycles. The summed E-state index contributed by atoms with van der Waals surface area (Å²) >= 11 is 0. The van der Waals surface area contributed by atoms with Gasteiger partial charge in [0, 0.05) is 11.6 Å². The summed E-state index contributed by atoms with van der Waals surface area (Å²) in [6.45, 7) is 0. The Kier molecular flexibility index (Phi) is 4.93. The van der Waals surface area contributed by atoms with Gasteiger partial charge in [0.15, 0.2) is 11.5 Å². The zero-order chi connectivity index (χ0) is 22.3. The van der Waals surface area contributed by atoms with Gasteiger partial charge < -0.3 is 19.0 Å². The first-order chi connectivity index (χ1) is 14.9. The van der Waals surface area contributed by atoms with Crippen LogP contribution in [0, 0.1) is 16.0 Å². The summed E-state index contributed by atoms with van der Waals surface area (Å²) in [7, 11) is 4.27. The van der Waals surface area contributed by atoms with E-state index < -0.39 is 28.8 Å². The van der Waals surface area contributed by atoms with E-state index >= 15 is 0 Å². The zero-order valence-electron chi connectivity index (χ0n) is 16.7. The lowest BCUT2D eigenvalue weighted by atomic mass is 9.94. The first kappa shape index (κ1) is 20.1. The van der Waals surface area contributed by atoms with Crippen molar-refractivity contribution in [3.8, 4) is 17.2 Å². The molecule has 2 heterocycles. The van der Waals surface area contributed by atoms with E-state index in [0.717, 1.165) is 11.0 Å². The van der Waals surface area contributed by atoms with Crippen LogP contribution < -0.4 is 19.1 Å². The lowest BCUT2D eigenvalue weighted by Crippen LogP contribution is -2.33. The first-order valence-electron chi connectivity index (χ1n) is 9.07. The van der Waals surface area contributed by atoms with Crippen molar-refractivity contribution in [2.45, 2.75) is 6.10 Å². The number of benzene rings is 2. The Morgan fingerprint density at radius 2 is 1.68 bits per heavy atom. The number of fused-ring (bicyclic) bond motifs is 1. The summed E-state index contributed by atoms with van der Waals surface area (Å²) in [5, 5.41) is 15.0. The van der Waals surface area contributed by atoms with Crippen molar-refractivity contribution in [3.63, 3.8) is 0 Å². The fraction of sp³-hybridized carbons (Fsp3) is 0.250. The standard InChI is InChI=1S/C20H17N3O8/c1-28-13-7-4-10(8-15(13)30-3)17-16-18(31-21-17)20(25)22(19(16)24)12-6-5-11(23(26)27)9-14(12)29-2/h4-9,16,18H,1-3H3.